The van der Waals surface area contributed by atoms with Gasteiger partial charge in [0.1, 0.15) is 11.6 Å². The van der Waals surface area contributed by atoms with Crippen molar-refractivity contribution in [1.82, 2.24) is 0 Å². The van der Waals surface area contributed by atoms with Crippen molar-refractivity contribution in [1.29, 1.82) is 0 Å². The van der Waals surface area contributed by atoms with Gasteiger partial charge < -0.3 is 9.64 Å². The number of Topliss-reactive ketones (excluding diaryl/α,β-unsaturated/α-hetero) is 1. The number of nitrogens with zero attached hydrogens (tertiary/aromatic N) is 1. The molecule has 2 aromatic carbocycles. The van der Waals surface area contributed by atoms with Crippen molar-refractivity contribution in [3.8, 4) is 0 Å². The number of fused-ring (bicyclic) bond motifs is 1. The van der Waals surface area contributed by atoms with Crippen LogP contribution in [0.25, 0.3) is 0 Å². The van der Waals surface area contributed by atoms with Gasteiger partial charge in [-0.15, -0.1) is 0 Å². The first-order chi connectivity index (χ1) is 11.8. The summed E-state index contributed by atoms with van der Waals surface area (Å²) in [6, 6.07) is 5.68. The summed E-state index contributed by atoms with van der Waals surface area (Å²) in [4.78, 5) is 37.4. The van der Waals surface area contributed by atoms with Crippen LogP contribution in [0.4, 0.5) is 14.5 Å². The Kier molecular flexibility index (Phi) is 4.55. The average molecular weight is 457 g/mol. The number of ether oxygens (including phenoxy) is 1. The fourth-order valence-corrected chi connectivity index (χ4v) is 3.50. The van der Waals surface area contributed by atoms with E-state index in [1.807, 2.05) is 22.6 Å². The van der Waals surface area contributed by atoms with Gasteiger partial charge in [-0.25, -0.2) is 13.6 Å². The van der Waals surface area contributed by atoms with Gasteiger partial charge in [0.05, 0.1) is 30.5 Å². The molecule has 25 heavy (non-hydrogen) atoms. The second-order valence-corrected chi connectivity index (χ2v) is 6.50. The third kappa shape index (κ3) is 3.13. The zero-order chi connectivity index (χ0) is 18.3. The number of carbonyl (C=O) groups excluding carboxylic acids is 3. The molecule has 0 bridgehead atoms. The number of hydrogen-bond donors (Lipinski definition) is 0. The number of halogens is 3. The molecule has 0 radical (unpaired) electrons. The lowest BCUT2D eigenvalue weighted by molar-refractivity contribution is -0.114. The smallest absolute Gasteiger partial charge is 0.337 e. The average Bonchev–Trinajstić information content (AvgIpc) is 2.78. The fraction of sp³-hybridized carbons (Fsp3) is 0.118. The van der Waals surface area contributed by atoms with Crippen molar-refractivity contribution >= 4 is 45.9 Å². The molecule has 0 fully saturated rings. The second kappa shape index (κ2) is 6.51. The van der Waals surface area contributed by atoms with Crippen LogP contribution >= 0.6 is 22.6 Å². The highest BCUT2D eigenvalue weighted by Gasteiger charge is 2.38. The molecule has 0 spiro atoms. The molecule has 1 heterocycles. The van der Waals surface area contributed by atoms with Gasteiger partial charge in [-0.2, -0.15) is 0 Å². The number of hydrogen-bond acceptors (Lipinski definition) is 4. The van der Waals surface area contributed by atoms with Crippen LogP contribution in [0, 0.1) is 15.2 Å². The lowest BCUT2D eigenvalue weighted by Crippen LogP contribution is -2.29. The summed E-state index contributed by atoms with van der Waals surface area (Å²) in [6.07, 6.45) is 0. The Morgan fingerprint density at radius 2 is 1.76 bits per heavy atom. The Labute approximate surface area is 154 Å². The van der Waals surface area contributed by atoms with E-state index < -0.39 is 29.3 Å². The van der Waals surface area contributed by atoms with Crippen molar-refractivity contribution in [2.24, 2.45) is 0 Å². The highest BCUT2D eigenvalue weighted by molar-refractivity contribution is 14.1. The summed E-state index contributed by atoms with van der Waals surface area (Å²) in [7, 11) is 1.21. The number of ketones is 1. The molecule has 1 aliphatic heterocycles. The molecule has 8 heteroatoms. The molecule has 0 aromatic heterocycles. The van der Waals surface area contributed by atoms with Crippen molar-refractivity contribution in [2.45, 2.75) is 6.54 Å². The molecule has 1 amide bonds. The molecule has 0 atom stereocenters. The Morgan fingerprint density at radius 3 is 2.36 bits per heavy atom. The van der Waals surface area contributed by atoms with Crippen LogP contribution in [-0.4, -0.2) is 24.8 Å². The first-order valence-electron chi connectivity index (χ1n) is 7.05. The van der Waals surface area contributed by atoms with Gasteiger partial charge in [-0.3, -0.25) is 9.59 Å². The van der Waals surface area contributed by atoms with E-state index in [1.165, 1.54) is 19.2 Å². The summed E-state index contributed by atoms with van der Waals surface area (Å²) in [5, 5.41) is 0. The molecule has 0 saturated carbocycles. The van der Waals surface area contributed by atoms with Crippen LogP contribution in [0.3, 0.4) is 0 Å². The van der Waals surface area contributed by atoms with Gasteiger partial charge in [0.25, 0.3) is 11.7 Å². The standard InChI is InChI=1S/C17H10F2INO4/c1-25-17(24)9-4-12(20)14-13(5-9)21(16(23)15(14)22)7-8-2-10(18)6-11(19)3-8/h2-6H,7H2,1H3. The SMILES string of the molecule is COC(=O)c1cc(I)c2c(c1)N(Cc1cc(F)cc(F)c1)C(=O)C2=O. The maximum Gasteiger partial charge on any atom is 0.337 e. The number of amides is 1. The van der Waals surface area contributed by atoms with Crippen molar-refractivity contribution in [3.05, 3.63) is 62.2 Å². The predicted molar refractivity (Wildman–Crippen MR) is 92.4 cm³/mol. The number of carbonyl (C=O) groups is 3. The Morgan fingerprint density at radius 1 is 1.12 bits per heavy atom. The number of anilines is 1. The number of esters is 1. The van der Waals surface area contributed by atoms with E-state index in [-0.39, 0.29) is 28.9 Å². The minimum Gasteiger partial charge on any atom is -0.465 e. The normalized spacial score (nSPS) is 13.2. The lowest BCUT2D eigenvalue weighted by atomic mass is 10.1. The van der Waals surface area contributed by atoms with Gasteiger partial charge in [0.15, 0.2) is 0 Å². The zero-order valence-electron chi connectivity index (χ0n) is 12.8. The third-order valence-corrected chi connectivity index (χ3v) is 4.56. The van der Waals surface area contributed by atoms with E-state index in [4.69, 9.17) is 0 Å². The van der Waals surface area contributed by atoms with Crippen LogP contribution in [0.1, 0.15) is 26.3 Å². The molecular formula is C17H10F2INO4. The molecule has 0 saturated heterocycles. The number of methoxy groups -OCH3 is 1. The predicted octanol–water partition coefficient (Wildman–Crippen LogP) is 3.09. The van der Waals surface area contributed by atoms with E-state index in [0.29, 0.717) is 9.64 Å². The molecule has 0 N–H and O–H groups in total. The van der Waals surface area contributed by atoms with Gasteiger partial charge in [0, 0.05) is 9.64 Å². The Hall–Kier alpha value is -2.36. The fourth-order valence-electron chi connectivity index (χ4n) is 2.65. The Balaban J connectivity index is 2.08. The number of benzene rings is 2. The Bertz CT molecular complexity index is 909. The quantitative estimate of drug-likeness (QED) is 0.404. The minimum absolute atomic E-state index is 0.162. The van der Waals surface area contributed by atoms with Crippen LogP contribution in [-0.2, 0) is 16.1 Å². The summed E-state index contributed by atoms with van der Waals surface area (Å²) in [6.45, 7) is -0.201. The second-order valence-electron chi connectivity index (χ2n) is 5.34. The maximum absolute atomic E-state index is 13.4. The lowest BCUT2D eigenvalue weighted by Gasteiger charge is -2.17. The molecule has 0 unspecified atom stereocenters. The highest BCUT2D eigenvalue weighted by atomic mass is 127. The first kappa shape index (κ1) is 17.5. The van der Waals surface area contributed by atoms with Gasteiger partial charge in [-0.1, -0.05) is 0 Å². The highest BCUT2D eigenvalue weighted by Crippen LogP contribution is 2.35. The van der Waals surface area contributed by atoms with Crippen molar-refractivity contribution < 1.29 is 27.9 Å². The first-order valence-corrected chi connectivity index (χ1v) is 8.12. The molecule has 5 nitrogen and oxygen atoms in total. The summed E-state index contributed by atoms with van der Waals surface area (Å²) in [5.74, 6) is -3.74. The summed E-state index contributed by atoms with van der Waals surface area (Å²) >= 11 is 1.85. The van der Waals surface area contributed by atoms with E-state index in [9.17, 15) is 23.2 Å². The summed E-state index contributed by atoms with van der Waals surface area (Å²) in [5.41, 5.74) is 0.732. The monoisotopic (exact) mass is 457 g/mol. The number of rotatable bonds is 3. The molecule has 2 aromatic rings. The van der Waals surface area contributed by atoms with E-state index in [1.54, 1.807) is 0 Å². The molecule has 3 rings (SSSR count). The van der Waals surface area contributed by atoms with E-state index >= 15 is 0 Å². The third-order valence-electron chi connectivity index (χ3n) is 3.71. The van der Waals surface area contributed by atoms with Crippen LogP contribution in [0.2, 0.25) is 0 Å². The van der Waals surface area contributed by atoms with E-state index in [0.717, 1.165) is 17.0 Å². The molecular weight excluding hydrogens is 447 g/mol. The topological polar surface area (TPSA) is 63.7 Å². The zero-order valence-corrected chi connectivity index (χ0v) is 15.0. The minimum atomic E-state index is -0.820. The van der Waals surface area contributed by atoms with Crippen LogP contribution in [0.15, 0.2) is 30.3 Å². The van der Waals surface area contributed by atoms with Crippen LogP contribution < -0.4 is 4.90 Å². The molecule has 1 aliphatic rings. The largest absolute Gasteiger partial charge is 0.465 e. The van der Waals surface area contributed by atoms with Crippen molar-refractivity contribution in [3.63, 3.8) is 0 Å². The van der Waals surface area contributed by atoms with Crippen molar-refractivity contribution in [2.75, 3.05) is 12.0 Å². The van der Waals surface area contributed by atoms with E-state index in [2.05, 4.69) is 4.74 Å². The van der Waals surface area contributed by atoms with Crippen LogP contribution in [0.5, 0.6) is 0 Å². The molecule has 128 valence electrons. The molecule has 0 aliphatic carbocycles. The van der Waals surface area contributed by atoms with Gasteiger partial charge >= 0.3 is 5.97 Å². The van der Waals surface area contributed by atoms with Gasteiger partial charge in [0.2, 0.25) is 0 Å². The summed E-state index contributed by atoms with van der Waals surface area (Å²) < 4.78 is 31.8. The maximum atomic E-state index is 13.4. The van der Waals surface area contributed by atoms with Gasteiger partial charge in [-0.05, 0) is 52.4 Å².